The Labute approximate surface area is 265 Å². The first-order chi connectivity index (χ1) is 21.9. The summed E-state index contributed by atoms with van der Waals surface area (Å²) in [6.45, 7) is 9.54. The quantitative estimate of drug-likeness (QED) is 0.202. The monoisotopic (exact) mass is 577 g/mol. The van der Waals surface area contributed by atoms with Crippen molar-refractivity contribution in [2.75, 3.05) is 4.90 Å². The summed E-state index contributed by atoms with van der Waals surface area (Å²) >= 11 is 0. The van der Waals surface area contributed by atoms with Crippen LogP contribution in [0.15, 0.2) is 140 Å². The molecule has 0 spiro atoms. The number of hydrogen-bond acceptors (Lipinski definition) is 1. The number of rotatable bonds is 3. The van der Waals surface area contributed by atoms with Gasteiger partial charge in [0.05, 0.1) is 5.69 Å². The van der Waals surface area contributed by atoms with Gasteiger partial charge < -0.3 is 4.90 Å². The molecule has 9 rings (SSSR count). The van der Waals surface area contributed by atoms with Crippen molar-refractivity contribution < 1.29 is 0 Å². The molecule has 1 nitrogen and oxygen atoms in total. The van der Waals surface area contributed by atoms with E-state index < -0.39 is 0 Å². The van der Waals surface area contributed by atoms with Gasteiger partial charge in [-0.2, -0.15) is 0 Å². The van der Waals surface area contributed by atoms with E-state index in [0.29, 0.717) is 0 Å². The highest BCUT2D eigenvalue weighted by Gasteiger charge is 2.40. The first-order valence-corrected chi connectivity index (χ1v) is 16.0. The fraction of sp³-hybridized carbons (Fsp3) is 0.136. The van der Waals surface area contributed by atoms with Crippen LogP contribution in [-0.4, -0.2) is 0 Å². The van der Waals surface area contributed by atoms with Crippen LogP contribution in [0.5, 0.6) is 0 Å². The largest absolute Gasteiger partial charge is 0.310 e. The number of benzene rings is 7. The summed E-state index contributed by atoms with van der Waals surface area (Å²) in [5.41, 5.74) is 14.4. The molecule has 0 atom stereocenters. The lowest BCUT2D eigenvalue weighted by Crippen LogP contribution is -2.18. The third-order valence-electron chi connectivity index (χ3n) is 10.6. The molecular weight excluding hydrogens is 542 g/mol. The first-order valence-electron chi connectivity index (χ1n) is 16.0. The van der Waals surface area contributed by atoms with Crippen LogP contribution in [0.2, 0.25) is 0 Å². The molecule has 0 radical (unpaired) electrons. The fourth-order valence-electron chi connectivity index (χ4n) is 8.45. The van der Waals surface area contributed by atoms with Crippen molar-refractivity contribution in [3.05, 3.63) is 162 Å². The Morgan fingerprint density at radius 2 is 1.07 bits per heavy atom. The van der Waals surface area contributed by atoms with Gasteiger partial charge in [-0.1, -0.05) is 137 Å². The lowest BCUT2D eigenvalue weighted by molar-refractivity contribution is 0.660. The van der Waals surface area contributed by atoms with Crippen molar-refractivity contribution >= 4 is 38.6 Å². The van der Waals surface area contributed by atoms with Gasteiger partial charge >= 0.3 is 0 Å². The van der Waals surface area contributed by atoms with Crippen LogP contribution >= 0.6 is 0 Å². The molecule has 0 unspecified atom stereocenters. The van der Waals surface area contributed by atoms with E-state index in [1.165, 1.54) is 77.4 Å². The summed E-state index contributed by atoms with van der Waals surface area (Å²) in [7, 11) is 0. The van der Waals surface area contributed by atoms with Gasteiger partial charge in [-0.15, -0.1) is 0 Å². The third kappa shape index (κ3) is 3.56. The standard InChI is InChI=1S/C44H35N/c1-43(2)37-21-13-12-18-32(37)33-25-23-30(26-38(33)43)45(29-15-6-5-7-16-29)40-27-39-41(35-20-11-10-19-34(35)40)36-24-22-28-14-8-9-17-31(28)42(36)44(39,3)4/h5-27H,1-4H3. The van der Waals surface area contributed by atoms with Crippen molar-refractivity contribution in [3.63, 3.8) is 0 Å². The number of hydrogen-bond donors (Lipinski definition) is 0. The van der Waals surface area contributed by atoms with Crippen molar-refractivity contribution in [1.82, 2.24) is 0 Å². The summed E-state index contributed by atoms with van der Waals surface area (Å²) in [4.78, 5) is 2.49. The molecule has 0 heterocycles. The average Bonchev–Trinajstić information content (AvgIpc) is 3.45. The topological polar surface area (TPSA) is 3.24 Å². The van der Waals surface area contributed by atoms with Gasteiger partial charge in [0.25, 0.3) is 0 Å². The third-order valence-corrected chi connectivity index (χ3v) is 10.6. The van der Waals surface area contributed by atoms with E-state index in [1.54, 1.807) is 0 Å². The van der Waals surface area contributed by atoms with Crippen molar-refractivity contribution in [2.45, 2.75) is 38.5 Å². The van der Waals surface area contributed by atoms with Crippen molar-refractivity contribution in [1.29, 1.82) is 0 Å². The first kappa shape index (κ1) is 26.3. The lowest BCUT2D eigenvalue weighted by Gasteiger charge is -2.31. The zero-order chi connectivity index (χ0) is 30.5. The number of fused-ring (bicyclic) bond motifs is 10. The number of nitrogens with zero attached hydrogens (tertiary/aromatic N) is 1. The maximum absolute atomic E-state index is 2.49. The molecule has 0 saturated carbocycles. The molecule has 7 aromatic carbocycles. The molecule has 0 aliphatic heterocycles. The Morgan fingerprint density at radius 3 is 1.89 bits per heavy atom. The van der Waals surface area contributed by atoms with Crippen molar-refractivity contribution in [2.24, 2.45) is 0 Å². The Kier molecular flexibility index (Phi) is 5.37. The Morgan fingerprint density at radius 1 is 0.422 bits per heavy atom. The van der Waals surface area contributed by atoms with E-state index in [0.717, 1.165) is 5.69 Å². The zero-order valence-electron chi connectivity index (χ0n) is 26.2. The van der Waals surface area contributed by atoms with Gasteiger partial charge in [-0.05, 0) is 91.0 Å². The summed E-state index contributed by atoms with van der Waals surface area (Å²) in [5, 5.41) is 5.22. The number of para-hydroxylation sites is 1. The summed E-state index contributed by atoms with van der Waals surface area (Å²) in [5.74, 6) is 0. The normalized spacial score (nSPS) is 15.0. The van der Waals surface area contributed by atoms with E-state index in [-0.39, 0.29) is 10.8 Å². The van der Waals surface area contributed by atoms with Crippen LogP contribution in [0.25, 0.3) is 43.8 Å². The van der Waals surface area contributed by atoms with Crippen LogP contribution in [0.1, 0.15) is 49.9 Å². The van der Waals surface area contributed by atoms with Crippen molar-refractivity contribution in [3.8, 4) is 22.3 Å². The molecule has 216 valence electrons. The van der Waals surface area contributed by atoms with Gasteiger partial charge in [-0.3, -0.25) is 0 Å². The predicted octanol–water partition coefficient (Wildman–Crippen LogP) is 12.1. The SMILES string of the molecule is CC1(C)c2ccccc2-c2ccc(N(c3ccccc3)c3cc4c(c5ccccc35)-c3ccc5ccccc5c3C4(C)C)cc21. The number of anilines is 3. The second-order valence-corrected chi connectivity index (χ2v) is 13.8. The average molecular weight is 578 g/mol. The highest BCUT2D eigenvalue weighted by atomic mass is 15.1. The van der Waals surface area contributed by atoms with E-state index in [4.69, 9.17) is 0 Å². The van der Waals surface area contributed by atoms with Gasteiger partial charge in [0.2, 0.25) is 0 Å². The molecule has 0 N–H and O–H groups in total. The minimum absolute atomic E-state index is 0.0744. The highest BCUT2D eigenvalue weighted by Crippen LogP contribution is 2.57. The highest BCUT2D eigenvalue weighted by molar-refractivity contribution is 6.12. The van der Waals surface area contributed by atoms with E-state index in [9.17, 15) is 0 Å². The molecule has 2 aliphatic carbocycles. The molecule has 0 aromatic heterocycles. The predicted molar refractivity (Wildman–Crippen MR) is 191 cm³/mol. The Balaban J connectivity index is 1.33. The van der Waals surface area contributed by atoms with Gasteiger partial charge in [-0.25, -0.2) is 0 Å². The molecule has 1 heteroatoms. The smallest absolute Gasteiger partial charge is 0.0543 e. The minimum Gasteiger partial charge on any atom is -0.310 e. The van der Waals surface area contributed by atoms with Crippen LogP contribution in [0, 0.1) is 0 Å². The summed E-state index contributed by atoms with van der Waals surface area (Å²) in [6.07, 6.45) is 0. The maximum Gasteiger partial charge on any atom is 0.0543 e. The maximum atomic E-state index is 2.49. The summed E-state index contributed by atoms with van der Waals surface area (Å²) in [6, 6.07) is 51.9. The van der Waals surface area contributed by atoms with Crippen LogP contribution in [0.3, 0.4) is 0 Å². The molecule has 0 amide bonds. The second kappa shape index (κ2) is 9.19. The van der Waals surface area contributed by atoms with E-state index in [2.05, 4.69) is 172 Å². The van der Waals surface area contributed by atoms with Gasteiger partial charge in [0, 0.05) is 27.6 Å². The van der Waals surface area contributed by atoms with Crippen LogP contribution in [0.4, 0.5) is 17.1 Å². The molecule has 45 heavy (non-hydrogen) atoms. The Bertz CT molecular complexity index is 2320. The van der Waals surface area contributed by atoms with E-state index >= 15 is 0 Å². The second-order valence-electron chi connectivity index (χ2n) is 13.8. The summed E-state index contributed by atoms with van der Waals surface area (Å²) < 4.78 is 0. The fourth-order valence-corrected chi connectivity index (χ4v) is 8.45. The molecular formula is C44H35N. The lowest BCUT2D eigenvalue weighted by atomic mass is 9.79. The molecule has 0 saturated heterocycles. The van der Waals surface area contributed by atoms with Crippen LogP contribution < -0.4 is 4.90 Å². The van der Waals surface area contributed by atoms with Gasteiger partial charge in [0.1, 0.15) is 0 Å². The zero-order valence-corrected chi connectivity index (χ0v) is 26.2. The van der Waals surface area contributed by atoms with Crippen LogP contribution in [-0.2, 0) is 10.8 Å². The molecule has 2 aliphatic rings. The Hall–Kier alpha value is -5.14. The van der Waals surface area contributed by atoms with Gasteiger partial charge in [0.15, 0.2) is 0 Å². The molecule has 0 fully saturated rings. The van der Waals surface area contributed by atoms with E-state index in [1.807, 2.05) is 0 Å². The molecule has 0 bridgehead atoms. The molecule has 7 aromatic rings. The minimum atomic E-state index is -0.158.